The van der Waals surface area contributed by atoms with Gasteiger partial charge in [-0.1, -0.05) is 24.4 Å². The lowest BCUT2D eigenvalue weighted by atomic mass is 10.2. The number of carbonyl (C=O) groups excluding carboxylic acids is 3. The van der Waals surface area contributed by atoms with Gasteiger partial charge in [-0.3, -0.25) is 10.1 Å². The summed E-state index contributed by atoms with van der Waals surface area (Å²) in [5.41, 5.74) is 0.690. The summed E-state index contributed by atoms with van der Waals surface area (Å²) in [6, 6.07) is 6.32. The smallest absolute Gasteiger partial charge is 0.330 e. The Morgan fingerprint density at radius 1 is 1.24 bits per heavy atom. The summed E-state index contributed by atoms with van der Waals surface area (Å²) in [7, 11) is 0. The standard InChI is InChI=1S/C18H21ClN6O4/c1-11(17(27)21-18(28)20-14-4-2-3-5-14)29-15(26)10-25-23-16(22-24-25)12-6-8-13(19)9-7-12/h6-9,11,14H,2-5,10H2,1H3,(H2,20,21,27,28)/t11-/m0/s1. The molecule has 1 aromatic heterocycles. The fourth-order valence-electron chi connectivity index (χ4n) is 2.93. The van der Waals surface area contributed by atoms with E-state index in [9.17, 15) is 14.4 Å². The third-order valence-corrected chi connectivity index (χ3v) is 4.68. The molecule has 0 unspecified atom stereocenters. The Labute approximate surface area is 171 Å². The number of esters is 1. The van der Waals surface area contributed by atoms with Gasteiger partial charge in [0.1, 0.15) is 0 Å². The van der Waals surface area contributed by atoms with E-state index in [1.807, 2.05) is 0 Å². The van der Waals surface area contributed by atoms with Gasteiger partial charge in [-0.2, -0.15) is 4.80 Å². The van der Waals surface area contributed by atoms with E-state index in [2.05, 4.69) is 26.0 Å². The molecule has 0 saturated heterocycles. The molecule has 1 fully saturated rings. The molecule has 1 atom stereocenters. The number of urea groups is 1. The van der Waals surface area contributed by atoms with E-state index in [4.69, 9.17) is 16.3 Å². The minimum absolute atomic E-state index is 0.0777. The van der Waals surface area contributed by atoms with E-state index in [1.54, 1.807) is 24.3 Å². The molecule has 0 bridgehead atoms. The molecule has 11 heteroatoms. The first-order chi connectivity index (χ1) is 13.9. The fourth-order valence-corrected chi connectivity index (χ4v) is 3.06. The number of rotatable bonds is 6. The van der Waals surface area contributed by atoms with Gasteiger partial charge in [0, 0.05) is 16.6 Å². The van der Waals surface area contributed by atoms with Crippen molar-refractivity contribution in [2.45, 2.75) is 51.3 Å². The molecule has 154 valence electrons. The predicted octanol–water partition coefficient (Wildman–Crippen LogP) is 1.69. The number of hydrogen-bond acceptors (Lipinski definition) is 7. The van der Waals surface area contributed by atoms with Crippen molar-refractivity contribution in [3.63, 3.8) is 0 Å². The Bertz CT molecular complexity index is 879. The largest absolute Gasteiger partial charge is 0.451 e. The SMILES string of the molecule is C[C@H](OC(=O)Cn1nnc(-c2ccc(Cl)cc2)n1)C(=O)NC(=O)NC1CCCC1. The Kier molecular flexibility index (Phi) is 6.76. The van der Waals surface area contributed by atoms with E-state index in [0.29, 0.717) is 16.4 Å². The number of hydrogen-bond donors (Lipinski definition) is 2. The number of carbonyl (C=O) groups is 3. The minimum atomic E-state index is -1.14. The van der Waals surface area contributed by atoms with Crippen LogP contribution < -0.4 is 10.6 Å². The molecule has 29 heavy (non-hydrogen) atoms. The highest BCUT2D eigenvalue weighted by Crippen LogP contribution is 2.18. The molecule has 1 saturated carbocycles. The van der Waals surface area contributed by atoms with Crippen molar-refractivity contribution in [1.29, 1.82) is 0 Å². The molecule has 0 aliphatic heterocycles. The first-order valence-electron chi connectivity index (χ1n) is 9.25. The molecule has 2 aromatic rings. The third kappa shape index (κ3) is 5.98. The number of nitrogens with zero attached hydrogens (tertiary/aromatic N) is 4. The highest BCUT2D eigenvalue weighted by Gasteiger charge is 2.23. The monoisotopic (exact) mass is 420 g/mol. The zero-order valence-electron chi connectivity index (χ0n) is 15.8. The third-order valence-electron chi connectivity index (χ3n) is 4.43. The number of tetrazole rings is 1. The first kappa shape index (κ1) is 20.7. The van der Waals surface area contributed by atoms with Crippen molar-refractivity contribution in [3.05, 3.63) is 29.3 Å². The average molecular weight is 421 g/mol. The summed E-state index contributed by atoms with van der Waals surface area (Å²) in [6.45, 7) is 1.05. The zero-order valence-corrected chi connectivity index (χ0v) is 16.6. The topological polar surface area (TPSA) is 128 Å². The molecule has 1 aliphatic rings. The van der Waals surface area contributed by atoms with Gasteiger partial charge in [0.2, 0.25) is 5.82 Å². The van der Waals surface area contributed by atoms with E-state index >= 15 is 0 Å². The van der Waals surface area contributed by atoms with Crippen molar-refractivity contribution in [1.82, 2.24) is 30.8 Å². The quantitative estimate of drug-likeness (QED) is 0.680. The number of halogens is 1. The molecular weight excluding hydrogens is 400 g/mol. The lowest BCUT2D eigenvalue weighted by molar-refractivity contribution is -0.155. The molecule has 2 N–H and O–H groups in total. The number of benzene rings is 1. The summed E-state index contributed by atoms with van der Waals surface area (Å²) < 4.78 is 5.04. The van der Waals surface area contributed by atoms with Gasteiger partial charge < -0.3 is 10.1 Å². The first-order valence-corrected chi connectivity index (χ1v) is 9.63. The molecule has 3 amide bonds. The Morgan fingerprint density at radius 3 is 2.62 bits per heavy atom. The maximum atomic E-state index is 12.0. The zero-order chi connectivity index (χ0) is 20.8. The molecule has 0 spiro atoms. The van der Waals surface area contributed by atoms with E-state index in [0.717, 1.165) is 30.5 Å². The van der Waals surface area contributed by atoms with Crippen LogP contribution in [0.4, 0.5) is 4.79 Å². The van der Waals surface area contributed by atoms with Gasteiger partial charge >= 0.3 is 12.0 Å². The summed E-state index contributed by atoms with van der Waals surface area (Å²) in [4.78, 5) is 36.9. The normalized spacial score (nSPS) is 15.0. The second-order valence-electron chi connectivity index (χ2n) is 6.73. The van der Waals surface area contributed by atoms with Gasteiger partial charge in [0.05, 0.1) is 0 Å². The molecule has 1 aromatic carbocycles. The van der Waals surface area contributed by atoms with Crippen LogP contribution in [0.1, 0.15) is 32.6 Å². The molecule has 0 radical (unpaired) electrons. The number of imide groups is 1. The van der Waals surface area contributed by atoms with E-state index in [-0.39, 0.29) is 12.6 Å². The van der Waals surface area contributed by atoms with Crippen LogP contribution in [-0.2, 0) is 20.9 Å². The number of ether oxygens (including phenoxy) is 1. The number of nitrogens with one attached hydrogen (secondary N) is 2. The second-order valence-corrected chi connectivity index (χ2v) is 7.16. The average Bonchev–Trinajstić information content (AvgIpc) is 3.34. The number of aromatic nitrogens is 4. The maximum Gasteiger partial charge on any atom is 0.330 e. The lowest BCUT2D eigenvalue weighted by Gasteiger charge is -2.15. The van der Waals surface area contributed by atoms with Crippen LogP contribution >= 0.6 is 11.6 Å². The van der Waals surface area contributed by atoms with Crippen LogP contribution in [0.5, 0.6) is 0 Å². The van der Waals surface area contributed by atoms with Crippen LogP contribution in [-0.4, -0.2) is 50.3 Å². The van der Waals surface area contributed by atoms with Crippen LogP contribution in [0, 0.1) is 0 Å². The lowest BCUT2D eigenvalue weighted by Crippen LogP contribution is -2.47. The predicted molar refractivity (Wildman–Crippen MR) is 103 cm³/mol. The fraction of sp³-hybridized carbons (Fsp3) is 0.444. The Hall–Kier alpha value is -3.01. The van der Waals surface area contributed by atoms with Crippen molar-refractivity contribution in [3.8, 4) is 11.4 Å². The highest BCUT2D eigenvalue weighted by atomic mass is 35.5. The van der Waals surface area contributed by atoms with Crippen LogP contribution in [0.15, 0.2) is 24.3 Å². The van der Waals surface area contributed by atoms with Gasteiger partial charge in [0.25, 0.3) is 5.91 Å². The van der Waals surface area contributed by atoms with Crippen molar-refractivity contribution in [2.75, 3.05) is 0 Å². The molecular formula is C18H21ClN6O4. The summed E-state index contributed by atoms with van der Waals surface area (Å²) in [5.74, 6) is -1.12. The summed E-state index contributed by atoms with van der Waals surface area (Å²) >= 11 is 5.84. The molecule has 1 aliphatic carbocycles. The van der Waals surface area contributed by atoms with Crippen molar-refractivity contribution >= 4 is 29.5 Å². The molecule has 1 heterocycles. The molecule has 10 nitrogen and oxygen atoms in total. The van der Waals surface area contributed by atoms with Crippen molar-refractivity contribution in [2.24, 2.45) is 0 Å². The van der Waals surface area contributed by atoms with E-state index in [1.165, 1.54) is 6.92 Å². The summed E-state index contributed by atoms with van der Waals surface area (Å²) in [5, 5.41) is 17.2. The molecule has 3 rings (SSSR count). The van der Waals surface area contributed by atoms with Gasteiger partial charge in [-0.05, 0) is 49.2 Å². The van der Waals surface area contributed by atoms with Gasteiger partial charge in [-0.25, -0.2) is 9.59 Å². The van der Waals surface area contributed by atoms with Gasteiger partial charge in [0.15, 0.2) is 12.6 Å². The Morgan fingerprint density at radius 2 is 1.93 bits per heavy atom. The van der Waals surface area contributed by atoms with Crippen LogP contribution in [0.2, 0.25) is 5.02 Å². The highest BCUT2D eigenvalue weighted by molar-refractivity contribution is 6.30. The van der Waals surface area contributed by atoms with Crippen LogP contribution in [0.25, 0.3) is 11.4 Å². The maximum absolute atomic E-state index is 12.0. The second kappa shape index (κ2) is 9.46. The Balaban J connectivity index is 1.46. The van der Waals surface area contributed by atoms with Crippen molar-refractivity contribution < 1.29 is 19.1 Å². The summed E-state index contributed by atoms with van der Waals surface area (Å²) in [6.07, 6.45) is 2.77. The van der Waals surface area contributed by atoms with Gasteiger partial charge in [-0.15, -0.1) is 10.2 Å². The minimum Gasteiger partial charge on any atom is -0.451 e. The number of amides is 3. The van der Waals surface area contributed by atoms with E-state index < -0.39 is 24.0 Å². The van der Waals surface area contributed by atoms with Crippen LogP contribution in [0.3, 0.4) is 0 Å².